The zero-order valence-electron chi connectivity index (χ0n) is 8.43. The van der Waals surface area contributed by atoms with Crippen LogP contribution in [-0.4, -0.2) is 35.1 Å². The quantitative estimate of drug-likeness (QED) is 0.778. The Morgan fingerprint density at radius 2 is 2.40 bits per heavy atom. The first kappa shape index (κ1) is 10.3. The summed E-state index contributed by atoms with van der Waals surface area (Å²) in [5, 5.41) is 16.4. The zero-order valence-corrected chi connectivity index (χ0v) is 8.43. The van der Waals surface area contributed by atoms with Gasteiger partial charge in [0.2, 0.25) is 5.88 Å². The predicted octanol–water partition coefficient (Wildman–Crippen LogP) is 0.384. The van der Waals surface area contributed by atoms with E-state index in [1.54, 1.807) is 12.1 Å². The minimum atomic E-state index is -0.0935. The molecule has 0 aromatic carbocycles. The highest BCUT2D eigenvalue weighted by molar-refractivity contribution is 5.10. The summed E-state index contributed by atoms with van der Waals surface area (Å²) in [4.78, 5) is 0. The van der Waals surface area contributed by atoms with Gasteiger partial charge in [0.05, 0.1) is 25.5 Å². The molecule has 0 saturated carbocycles. The standard InChI is InChI=1S/C10H14N2O3/c13-5-9-1-2-10(12-11-9)15-7-8-3-4-14-6-8/h1-2,8,13H,3-7H2. The third-order valence-corrected chi connectivity index (χ3v) is 2.35. The minimum Gasteiger partial charge on any atom is -0.476 e. The first-order valence-electron chi connectivity index (χ1n) is 5.02. The van der Waals surface area contributed by atoms with Gasteiger partial charge < -0.3 is 14.6 Å². The average Bonchev–Trinajstić information content (AvgIpc) is 2.80. The maximum Gasteiger partial charge on any atom is 0.233 e. The summed E-state index contributed by atoms with van der Waals surface area (Å²) in [5.74, 6) is 0.961. The van der Waals surface area contributed by atoms with E-state index in [-0.39, 0.29) is 6.61 Å². The second kappa shape index (κ2) is 5.04. The molecule has 1 N–H and O–H groups in total. The van der Waals surface area contributed by atoms with Crippen LogP contribution in [0.2, 0.25) is 0 Å². The van der Waals surface area contributed by atoms with Crippen molar-refractivity contribution in [3.63, 3.8) is 0 Å². The Bertz CT molecular complexity index is 296. The minimum absolute atomic E-state index is 0.0935. The molecule has 1 unspecified atom stereocenters. The lowest BCUT2D eigenvalue weighted by atomic mass is 10.1. The van der Waals surface area contributed by atoms with E-state index >= 15 is 0 Å². The molecule has 5 heteroatoms. The summed E-state index contributed by atoms with van der Waals surface area (Å²) in [6.07, 6.45) is 1.04. The van der Waals surface area contributed by atoms with Crippen LogP contribution < -0.4 is 4.74 Å². The van der Waals surface area contributed by atoms with Gasteiger partial charge in [0.15, 0.2) is 0 Å². The summed E-state index contributed by atoms with van der Waals surface area (Å²) in [6, 6.07) is 3.42. The Morgan fingerprint density at radius 3 is 3.00 bits per heavy atom. The Balaban J connectivity index is 1.82. The van der Waals surface area contributed by atoms with Gasteiger partial charge in [-0.05, 0) is 12.5 Å². The van der Waals surface area contributed by atoms with E-state index in [9.17, 15) is 0 Å². The van der Waals surface area contributed by atoms with Gasteiger partial charge in [-0.1, -0.05) is 0 Å². The van der Waals surface area contributed by atoms with Crippen LogP contribution in [0.1, 0.15) is 12.1 Å². The van der Waals surface area contributed by atoms with Gasteiger partial charge in [-0.3, -0.25) is 0 Å². The maximum absolute atomic E-state index is 8.77. The zero-order chi connectivity index (χ0) is 10.5. The van der Waals surface area contributed by atoms with Gasteiger partial charge in [-0.2, -0.15) is 0 Å². The molecule has 1 aromatic heterocycles. The first-order valence-corrected chi connectivity index (χ1v) is 5.02. The largest absolute Gasteiger partial charge is 0.476 e. The van der Waals surface area contributed by atoms with Crippen molar-refractivity contribution >= 4 is 0 Å². The topological polar surface area (TPSA) is 64.5 Å². The molecule has 0 radical (unpaired) electrons. The molecule has 2 rings (SSSR count). The SMILES string of the molecule is OCc1ccc(OCC2CCOC2)nn1. The molecule has 1 aromatic rings. The van der Waals surface area contributed by atoms with Crippen LogP contribution in [0, 0.1) is 5.92 Å². The average molecular weight is 210 g/mol. The molecule has 82 valence electrons. The molecule has 0 amide bonds. The lowest BCUT2D eigenvalue weighted by molar-refractivity contribution is 0.165. The first-order chi connectivity index (χ1) is 7.38. The van der Waals surface area contributed by atoms with Gasteiger partial charge >= 0.3 is 0 Å². The summed E-state index contributed by atoms with van der Waals surface area (Å²) >= 11 is 0. The molecule has 0 bridgehead atoms. The molecular formula is C10H14N2O3. The normalized spacial score (nSPS) is 20.5. The van der Waals surface area contributed by atoms with E-state index in [4.69, 9.17) is 14.6 Å². The fourth-order valence-electron chi connectivity index (χ4n) is 1.43. The molecule has 1 aliphatic rings. The maximum atomic E-state index is 8.77. The smallest absolute Gasteiger partial charge is 0.233 e. The number of hydrogen-bond donors (Lipinski definition) is 1. The van der Waals surface area contributed by atoms with Crippen molar-refractivity contribution in [1.29, 1.82) is 0 Å². The fraction of sp³-hybridized carbons (Fsp3) is 0.600. The van der Waals surface area contributed by atoms with Crippen molar-refractivity contribution in [2.24, 2.45) is 5.92 Å². The van der Waals surface area contributed by atoms with Gasteiger partial charge in [0.1, 0.15) is 0 Å². The van der Waals surface area contributed by atoms with E-state index in [1.807, 2.05) is 0 Å². The number of ether oxygens (including phenoxy) is 2. The molecule has 0 spiro atoms. The van der Waals surface area contributed by atoms with E-state index in [0.717, 1.165) is 19.6 Å². The molecule has 1 aliphatic heterocycles. The Kier molecular flexibility index (Phi) is 3.47. The lowest BCUT2D eigenvalue weighted by Gasteiger charge is -2.08. The van der Waals surface area contributed by atoms with E-state index in [0.29, 0.717) is 24.1 Å². The summed E-state index contributed by atoms with van der Waals surface area (Å²) in [5.41, 5.74) is 0.548. The van der Waals surface area contributed by atoms with Crippen LogP contribution in [0.15, 0.2) is 12.1 Å². The van der Waals surface area contributed by atoms with E-state index in [2.05, 4.69) is 10.2 Å². The third kappa shape index (κ3) is 2.87. The van der Waals surface area contributed by atoms with Crippen molar-refractivity contribution < 1.29 is 14.6 Å². The highest BCUT2D eigenvalue weighted by Crippen LogP contribution is 2.14. The van der Waals surface area contributed by atoms with Crippen LogP contribution in [0.3, 0.4) is 0 Å². The Labute approximate surface area is 88.0 Å². The number of aliphatic hydroxyl groups is 1. The summed E-state index contributed by atoms with van der Waals surface area (Å²) < 4.78 is 10.7. The fourth-order valence-corrected chi connectivity index (χ4v) is 1.43. The number of aliphatic hydroxyl groups excluding tert-OH is 1. The van der Waals surface area contributed by atoms with Crippen LogP contribution >= 0.6 is 0 Å². The van der Waals surface area contributed by atoms with Crippen LogP contribution in [0.25, 0.3) is 0 Å². The van der Waals surface area contributed by atoms with Gasteiger partial charge in [0.25, 0.3) is 0 Å². The number of aromatic nitrogens is 2. The highest BCUT2D eigenvalue weighted by atomic mass is 16.5. The van der Waals surface area contributed by atoms with Crippen molar-refractivity contribution in [3.05, 3.63) is 17.8 Å². The summed E-state index contributed by atoms with van der Waals surface area (Å²) in [7, 11) is 0. The number of rotatable bonds is 4. The second-order valence-electron chi connectivity index (χ2n) is 3.56. The molecule has 1 atom stereocenters. The van der Waals surface area contributed by atoms with Crippen molar-refractivity contribution in [3.8, 4) is 5.88 Å². The molecular weight excluding hydrogens is 196 g/mol. The molecule has 2 heterocycles. The van der Waals surface area contributed by atoms with Gasteiger partial charge in [-0.25, -0.2) is 0 Å². The van der Waals surface area contributed by atoms with Crippen LogP contribution in [0.4, 0.5) is 0 Å². The molecule has 15 heavy (non-hydrogen) atoms. The second-order valence-corrected chi connectivity index (χ2v) is 3.56. The predicted molar refractivity (Wildman–Crippen MR) is 52.4 cm³/mol. The Hall–Kier alpha value is -1.20. The highest BCUT2D eigenvalue weighted by Gasteiger charge is 2.16. The van der Waals surface area contributed by atoms with E-state index in [1.165, 1.54) is 0 Å². The molecule has 1 fully saturated rings. The van der Waals surface area contributed by atoms with Crippen LogP contribution in [0.5, 0.6) is 5.88 Å². The Morgan fingerprint density at radius 1 is 1.47 bits per heavy atom. The number of nitrogens with zero attached hydrogens (tertiary/aromatic N) is 2. The van der Waals surface area contributed by atoms with Crippen molar-refractivity contribution in [1.82, 2.24) is 10.2 Å². The van der Waals surface area contributed by atoms with Crippen molar-refractivity contribution in [2.45, 2.75) is 13.0 Å². The molecule has 0 aliphatic carbocycles. The van der Waals surface area contributed by atoms with Crippen LogP contribution in [-0.2, 0) is 11.3 Å². The van der Waals surface area contributed by atoms with E-state index < -0.39 is 0 Å². The summed E-state index contributed by atoms with van der Waals surface area (Å²) in [6.45, 7) is 2.11. The molecule has 1 saturated heterocycles. The lowest BCUT2D eigenvalue weighted by Crippen LogP contribution is -2.12. The third-order valence-electron chi connectivity index (χ3n) is 2.35. The monoisotopic (exact) mass is 210 g/mol. The van der Waals surface area contributed by atoms with Gasteiger partial charge in [-0.15, -0.1) is 10.2 Å². The molecule has 5 nitrogen and oxygen atoms in total. The van der Waals surface area contributed by atoms with Crippen molar-refractivity contribution in [2.75, 3.05) is 19.8 Å². The number of hydrogen-bond acceptors (Lipinski definition) is 5. The van der Waals surface area contributed by atoms with Gasteiger partial charge in [0, 0.05) is 18.6 Å².